The molecule has 1 rings (SSSR count). The Kier molecular flexibility index (Phi) is 4.76. The van der Waals surface area contributed by atoms with E-state index in [4.69, 9.17) is 0 Å². The number of hydrogen-bond donors (Lipinski definition) is 2. The molecule has 2 amide bonds. The smallest absolute Gasteiger partial charge is 0.319 e. The third kappa shape index (κ3) is 3.88. The summed E-state index contributed by atoms with van der Waals surface area (Å²) in [4.78, 5) is 11.5. The highest BCUT2D eigenvalue weighted by atomic mass is 19.1. The molecular weight excluding hydrogens is 207 g/mol. The second-order valence-electron chi connectivity index (χ2n) is 3.62. The Morgan fingerprint density at radius 2 is 1.81 bits per heavy atom. The Hall–Kier alpha value is -1.58. The van der Waals surface area contributed by atoms with Crippen molar-refractivity contribution in [1.29, 1.82) is 0 Å². The monoisotopic (exact) mass is 224 g/mol. The Labute approximate surface area is 95.0 Å². The normalized spacial score (nSPS) is 10.2. The lowest BCUT2D eigenvalue weighted by Crippen LogP contribution is -2.37. The van der Waals surface area contributed by atoms with E-state index in [1.165, 1.54) is 24.3 Å². The maximum Gasteiger partial charge on any atom is 0.319 e. The van der Waals surface area contributed by atoms with Crippen molar-refractivity contribution in [2.45, 2.75) is 32.7 Å². The predicted octanol–water partition coefficient (Wildman–Crippen LogP) is 3.14. The van der Waals surface area contributed by atoms with Crippen LogP contribution in [0.25, 0.3) is 0 Å². The molecule has 0 aliphatic rings. The van der Waals surface area contributed by atoms with Crippen LogP contribution in [0.5, 0.6) is 0 Å². The zero-order valence-corrected chi connectivity index (χ0v) is 9.59. The summed E-state index contributed by atoms with van der Waals surface area (Å²) in [5.41, 5.74) is 0.588. The number of nitrogens with one attached hydrogen (secondary N) is 2. The molecule has 2 N–H and O–H groups in total. The molecule has 0 aliphatic carbocycles. The fourth-order valence-corrected chi connectivity index (χ4v) is 1.38. The summed E-state index contributed by atoms with van der Waals surface area (Å²) in [6.07, 6.45) is 1.79. The average molecular weight is 224 g/mol. The van der Waals surface area contributed by atoms with Crippen molar-refractivity contribution < 1.29 is 9.18 Å². The highest BCUT2D eigenvalue weighted by Crippen LogP contribution is 2.08. The molecular formula is C12H17FN2O. The van der Waals surface area contributed by atoms with E-state index in [1.54, 1.807) is 0 Å². The molecule has 1 aromatic rings. The van der Waals surface area contributed by atoms with Crippen molar-refractivity contribution in [1.82, 2.24) is 5.32 Å². The lowest BCUT2D eigenvalue weighted by atomic mass is 10.2. The number of carbonyl (C=O) groups excluding carboxylic acids is 1. The largest absolute Gasteiger partial charge is 0.335 e. The number of amides is 2. The maximum absolute atomic E-state index is 12.6. The van der Waals surface area contributed by atoms with Crippen molar-refractivity contribution in [2.75, 3.05) is 5.32 Å². The molecule has 0 spiro atoms. The standard InChI is InChI=1S/C12H17FN2O/c1-3-10(4-2)14-12(16)15-11-7-5-9(13)6-8-11/h5-8,10H,3-4H2,1-2H3,(H2,14,15,16). The van der Waals surface area contributed by atoms with Crippen LogP contribution in [0, 0.1) is 5.82 Å². The van der Waals surface area contributed by atoms with E-state index in [1.807, 2.05) is 13.8 Å². The van der Waals surface area contributed by atoms with Gasteiger partial charge in [-0.05, 0) is 37.1 Å². The van der Waals surface area contributed by atoms with Gasteiger partial charge in [0.1, 0.15) is 5.82 Å². The lowest BCUT2D eigenvalue weighted by molar-refractivity contribution is 0.247. The average Bonchev–Trinajstić information content (AvgIpc) is 2.29. The summed E-state index contributed by atoms with van der Waals surface area (Å²) >= 11 is 0. The van der Waals surface area contributed by atoms with E-state index in [-0.39, 0.29) is 17.9 Å². The third-order valence-corrected chi connectivity index (χ3v) is 2.42. The molecule has 4 heteroatoms. The summed E-state index contributed by atoms with van der Waals surface area (Å²) in [6.45, 7) is 4.04. The molecule has 1 aromatic carbocycles. The molecule has 0 bridgehead atoms. The van der Waals surface area contributed by atoms with Gasteiger partial charge in [-0.2, -0.15) is 0 Å². The molecule has 3 nitrogen and oxygen atoms in total. The first-order valence-electron chi connectivity index (χ1n) is 5.48. The third-order valence-electron chi connectivity index (χ3n) is 2.42. The SMILES string of the molecule is CCC(CC)NC(=O)Nc1ccc(F)cc1. The van der Waals surface area contributed by atoms with Crippen molar-refractivity contribution in [3.05, 3.63) is 30.1 Å². The van der Waals surface area contributed by atoms with E-state index in [0.29, 0.717) is 5.69 Å². The highest BCUT2D eigenvalue weighted by Gasteiger charge is 2.07. The van der Waals surface area contributed by atoms with Gasteiger partial charge in [-0.1, -0.05) is 13.8 Å². The van der Waals surface area contributed by atoms with Gasteiger partial charge in [-0.25, -0.2) is 9.18 Å². The van der Waals surface area contributed by atoms with Gasteiger partial charge >= 0.3 is 6.03 Å². The second kappa shape index (κ2) is 6.10. The van der Waals surface area contributed by atoms with Gasteiger partial charge in [-0.3, -0.25) is 0 Å². The maximum atomic E-state index is 12.6. The van der Waals surface area contributed by atoms with Crippen LogP contribution in [0.4, 0.5) is 14.9 Å². The zero-order chi connectivity index (χ0) is 12.0. The minimum Gasteiger partial charge on any atom is -0.335 e. The molecule has 0 aromatic heterocycles. The lowest BCUT2D eigenvalue weighted by Gasteiger charge is -2.15. The van der Waals surface area contributed by atoms with E-state index >= 15 is 0 Å². The van der Waals surface area contributed by atoms with Crippen LogP contribution in [-0.4, -0.2) is 12.1 Å². The predicted molar refractivity (Wildman–Crippen MR) is 62.9 cm³/mol. The zero-order valence-electron chi connectivity index (χ0n) is 9.59. The molecule has 0 heterocycles. The van der Waals surface area contributed by atoms with Gasteiger partial charge in [0.05, 0.1) is 0 Å². The number of carbonyl (C=O) groups is 1. The Bertz CT molecular complexity index is 333. The number of halogens is 1. The number of anilines is 1. The van der Waals surface area contributed by atoms with Gasteiger partial charge in [-0.15, -0.1) is 0 Å². The molecule has 0 saturated carbocycles. The summed E-state index contributed by atoms with van der Waals surface area (Å²) in [5, 5.41) is 5.49. The first-order chi connectivity index (χ1) is 7.65. The Morgan fingerprint density at radius 3 is 2.31 bits per heavy atom. The van der Waals surface area contributed by atoms with Gasteiger partial charge in [0.25, 0.3) is 0 Å². The summed E-state index contributed by atoms with van der Waals surface area (Å²) < 4.78 is 12.6. The Morgan fingerprint density at radius 1 is 1.25 bits per heavy atom. The van der Waals surface area contributed by atoms with E-state index in [0.717, 1.165) is 12.8 Å². The van der Waals surface area contributed by atoms with Gasteiger partial charge in [0.15, 0.2) is 0 Å². The van der Waals surface area contributed by atoms with Crippen LogP contribution in [0.3, 0.4) is 0 Å². The fraction of sp³-hybridized carbons (Fsp3) is 0.417. The second-order valence-corrected chi connectivity index (χ2v) is 3.62. The Balaban J connectivity index is 2.48. The first kappa shape index (κ1) is 12.5. The van der Waals surface area contributed by atoms with Gasteiger partial charge < -0.3 is 10.6 Å². The number of hydrogen-bond acceptors (Lipinski definition) is 1. The molecule has 16 heavy (non-hydrogen) atoms. The first-order valence-corrected chi connectivity index (χ1v) is 5.48. The molecule has 0 saturated heterocycles. The minimum absolute atomic E-state index is 0.181. The summed E-state index contributed by atoms with van der Waals surface area (Å²) in [6, 6.07) is 5.61. The number of urea groups is 1. The molecule has 0 aliphatic heterocycles. The molecule has 0 unspecified atom stereocenters. The fourth-order valence-electron chi connectivity index (χ4n) is 1.38. The minimum atomic E-state index is -0.314. The molecule has 0 fully saturated rings. The molecule has 88 valence electrons. The molecule has 0 atom stereocenters. The number of benzene rings is 1. The van der Waals surface area contributed by atoms with Gasteiger partial charge in [0, 0.05) is 11.7 Å². The van der Waals surface area contributed by atoms with Crippen LogP contribution >= 0.6 is 0 Å². The van der Waals surface area contributed by atoms with Crippen LogP contribution in [0.15, 0.2) is 24.3 Å². The van der Waals surface area contributed by atoms with Gasteiger partial charge in [0.2, 0.25) is 0 Å². The van der Waals surface area contributed by atoms with Crippen LogP contribution < -0.4 is 10.6 Å². The quantitative estimate of drug-likeness (QED) is 0.810. The van der Waals surface area contributed by atoms with E-state index in [9.17, 15) is 9.18 Å². The molecule has 0 radical (unpaired) electrons. The van der Waals surface area contributed by atoms with Crippen molar-refractivity contribution in [2.24, 2.45) is 0 Å². The summed E-state index contributed by atoms with van der Waals surface area (Å²) in [7, 11) is 0. The van der Waals surface area contributed by atoms with Crippen LogP contribution in [0.1, 0.15) is 26.7 Å². The van der Waals surface area contributed by atoms with Crippen molar-refractivity contribution >= 4 is 11.7 Å². The summed E-state index contributed by atoms with van der Waals surface area (Å²) in [5.74, 6) is -0.314. The van der Waals surface area contributed by atoms with E-state index in [2.05, 4.69) is 10.6 Å². The van der Waals surface area contributed by atoms with E-state index < -0.39 is 0 Å². The number of rotatable bonds is 4. The van der Waals surface area contributed by atoms with Crippen LogP contribution in [-0.2, 0) is 0 Å². The highest BCUT2D eigenvalue weighted by molar-refractivity contribution is 5.89. The van der Waals surface area contributed by atoms with Crippen molar-refractivity contribution in [3.63, 3.8) is 0 Å². The topological polar surface area (TPSA) is 41.1 Å². The van der Waals surface area contributed by atoms with Crippen molar-refractivity contribution in [3.8, 4) is 0 Å². The van der Waals surface area contributed by atoms with Crippen LogP contribution in [0.2, 0.25) is 0 Å².